The van der Waals surface area contributed by atoms with Crippen LogP contribution in [-0.4, -0.2) is 11.5 Å². The fourth-order valence-corrected chi connectivity index (χ4v) is 1.58. The molecule has 0 aromatic heterocycles. The summed E-state index contributed by atoms with van der Waals surface area (Å²) in [6.45, 7) is 4.71. The lowest BCUT2D eigenvalue weighted by atomic mass is 10.2. The number of anilines is 1. The van der Waals surface area contributed by atoms with Crippen molar-refractivity contribution in [2.24, 2.45) is 0 Å². The Hall–Kier alpha value is -1.40. The van der Waals surface area contributed by atoms with Crippen molar-refractivity contribution >= 4 is 22.9 Å². The lowest BCUT2D eigenvalue weighted by Gasteiger charge is -2.21. The molecule has 0 fully saturated rings. The molecule has 0 amide bonds. The molecule has 0 atom stereocenters. The minimum Gasteiger partial charge on any atom is -0.324 e. The molecule has 1 rings (SSSR count). The maximum absolute atomic E-state index is 8.76. The van der Waals surface area contributed by atoms with Crippen molar-refractivity contribution in [3.05, 3.63) is 29.8 Å². The minimum absolute atomic E-state index is 0.321. The Balaban J connectivity index is 3.08. The van der Waals surface area contributed by atoms with E-state index in [0.717, 1.165) is 17.8 Å². The summed E-state index contributed by atoms with van der Waals surface area (Å²) in [7, 11) is 0. The summed E-state index contributed by atoms with van der Waals surface area (Å²) in [6, 6.07) is 9.91. The average molecular weight is 204 g/mol. The topological polar surface area (TPSA) is 27.0 Å². The van der Waals surface area contributed by atoms with Crippen molar-refractivity contribution in [3.63, 3.8) is 0 Å². The van der Waals surface area contributed by atoms with E-state index in [1.165, 1.54) is 0 Å². The summed E-state index contributed by atoms with van der Waals surface area (Å²) in [4.78, 5) is 2.16. The van der Waals surface area contributed by atoms with Gasteiger partial charge in [-0.2, -0.15) is 5.26 Å². The monoisotopic (exact) mass is 204 g/mol. The van der Waals surface area contributed by atoms with Crippen molar-refractivity contribution in [1.29, 1.82) is 5.26 Å². The van der Waals surface area contributed by atoms with E-state index < -0.39 is 0 Å². The molecule has 0 aliphatic heterocycles. The van der Waals surface area contributed by atoms with Gasteiger partial charge in [-0.25, -0.2) is 0 Å². The van der Waals surface area contributed by atoms with Crippen LogP contribution in [0.25, 0.3) is 0 Å². The third-order valence-electron chi connectivity index (χ3n) is 2.06. The van der Waals surface area contributed by atoms with Crippen LogP contribution in [0.4, 0.5) is 5.69 Å². The molecule has 0 aliphatic carbocycles. The van der Waals surface area contributed by atoms with Crippen molar-refractivity contribution in [2.75, 3.05) is 11.4 Å². The predicted octanol–water partition coefficient (Wildman–Crippen LogP) is 2.67. The van der Waals surface area contributed by atoms with E-state index in [1.807, 2.05) is 49.1 Å². The van der Waals surface area contributed by atoms with Crippen LogP contribution in [0.1, 0.15) is 12.5 Å². The number of nitrogens with zero attached hydrogens (tertiary/aromatic N) is 2. The number of nitriles is 1. The number of thiocarbonyl (C=S) groups is 1. The van der Waals surface area contributed by atoms with E-state index in [1.54, 1.807) is 0 Å². The van der Waals surface area contributed by atoms with Gasteiger partial charge in [0.15, 0.2) is 4.99 Å². The van der Waals surface area contributed by atoms with Gasteiger partial charge < -0.3 is 4.90 Å². The molecule has 1 aromatic carbocycles. The zero-order chi connectivity index (χ0) is 10.6. The second-order valence-electron chi connectivity index (χ2n) is 2.95. The molecule has 0 saturated heterocycles. The normalized spacial score (nSPS) is 9.21. The smallest absolute Gasteiger partial charge is 0.185 e. The van der Waals surface area contributed by atoms with E-state index >= 15 is 0 Å². The van der Waals surface area contributed by atoms with Crippen LogP contribution >= 0.6 is 12.2 Å². The number of aryl methyl sites for hydroxylation is 1. The molecule has 1 aromatic rings. The van der Waals surface area contributed by atoms with Crippen LogP contribution in [0.2, 0.25) is 0 Å². The van der Waals surface area contributed by atoms with E-state index in [0.29, 0.717) is 4.99 Å². The Morgan fingerprint density at radius 1 is 1.50 bits per heavy atom. The maximum Gasteiger partial charge on any atom is 0.185 e. The number of rotatable bonds is 2. The summed E-state index contributed by atoms with van der Waals surface area (Å²) in [5, 5.41) is 8.76. The Labute approximate surface area is 89.8 Å². The first kappa shape index (κ1) is 10.7. The second kappa shape index (κ2) is 4.73. The lowest BCUT2D eigenvalue weighted by Crippen LogP contribution is -2.28. The van der Waals surface area contributed by atoms with Crippen LogP contribution in [0.15, 0.2) is 24.3 Å². The summed E-state index contributed by atoms with van der Waals surface area (Å²) < 4.78 is 0. The average Bonchev–Trinajstić information content (AvgIpc) is 2.21. The summed E-state index contributed by atoms with van der Waals surface area (Å²) in [5.41, 5.74) is 2.15. The van der Waals surface area contributed by atoms with Crippen LogP contribution < -0.4 is 4.90 Å². The Kier molecular flexibility index (Phi) is 3.61. The van der Waals surface area contributed by atoms with E-state index in [2.05, 4.69) is 0 Å². The molecule has 0 saturated carbocycles. The Morgan fingerprint density at radius 2 is 2.14 bits per heavy atom. The first-order valence-electron chi connectivity index (χ1n) is 4.48. The maximum atomic E-state index is 8.76. The third-order valence-corrected chi connectivity index (χ3v) is 2.37. The van der Waals surface area contributed by atoms with Gasteiger partial charge in [-0.05, 0) is 37.7 Å². The Bertz CT molecular complexity index is 379. The molecule has 0 bridgehead atoms. The van der Waals surface area contributed by atoms with Crippen LogP contribution in [0.3, 0.4) is 0 Å². The molecule has 0 spiro atoms. The van der Waals surface area contributed by atoms with E-state index in [-0.39, 0.29) is 0 Å². The molecular formula is C11H12N2S. The van der Waals surface area contributed by atoms with Gasteiger partial charge in [-0.3, -0.25) is 0 Å². The number of hydrogen-bond acceptors (Lipinski definition) is 2. The molecule has 0 N–H and O–H groups in total. The molecule has 14 heavy (non-hydrogen) atoms. The van der Waals surface area contributed by atoms with E-state index in [4.69, 9.17) is 17.5 Å². The molecule has 3 heteroatoms. The highest BCUT2D eigenvalue weighted by Crippen LogP contribution is 2.19. The van der Waals surface area contributed by atoms with Crippen LogP contribution in [0, 0.1) is 18.3 Å². The summed E-state index contributed by atoms with van der Waals surface area (Å²) in [6.07, 6.45) is 0. The van der Waals surface area contributed by atoms with Gasteiger partial charge >= 0.3 is 0 Å². The van der Waals surface area contributed by atoms with Gasteiger partial charge in [0.1, 0.15) is 6.07 Å². The quantitative estimate of drug-likeness (QED) is 0.693. The summed E-state index contributed by atoms with van der Waals surface area (Å²) in [5.74, 6) is 0. The van der Waals surface area contributed by atoms with Gasteiger partial charge in [0.2, 0.25) is 0 Å². The molecule has 72 valence electrons. The largest absolute Gasteiger partial charge is 0.324 e. The first-order chi connectivity index (χ1) is 6.70. The molecule has 0 radical (unpaired) electrons. The molecule has 0 unspecified atom stereocenters. The SMILES string of the molecule is CCN(C(=S)C#N)c1ccccc1C. The van der Waals surface area contributed by atoms with Gasteiger partial charge in [0.05, 0.1) is 0 Å². The zero-order valence-electron chi connectivity index (χ0n) is 8.32. The fraction of sp³-hybridized carbons (Fsp3) is 0.273. The lowest BCUT2D eigenvalue weighted by molar-refractivity contribution is 1.06. The van der Waals surface area contributed by atoms with Crippen molar-refractivity contribution < 1.29 is 0 Å². The number of benzene rings is 1. The first-order valence-corrected chi connectivity index (χ1v) is 4.88. The van der Waals surface area contributed by atoms with Crippen molar-refractivity contribution in [3.8, 4) is 6.07 Å². The third kappa shape index (κ3) is 2.09. The highest BCUT2D eigenvalue weighted by atomic mass is 32.1. The van der Waals surface area contributed by atoms with Gasteiger partial charge in [-0.1, -0.05) is 18.2 Å². The van der Waals surface area contributed by atoms with Gasteiger partial charge in [0.25, 0.3) is 0 Å². The van der Waals surface area contributed by atoms with Crippen molar-refractivity contribution in [1.82, 2.24) is 0 Å². The Morgan fingerprint density at radius 3 is 2.64 bits per heavy atom. The number of hydrogen-bond donors (Lipinski definition) is 0. The predicted molar refractivity (Wildman–Crippen MR) is 62.4 cm³/mol. The molecular weight excluding hydrogens is 192 g/mol. The molecule has 0 heterocycles. The van der Waals surface area contributed by atoms with Crippen LogP contribution in [0.5, 0.6) is 0 Å². The van der Waals surface area contributed by atoms with Gasteiger partial charge in [0, 0.05) is 12.2 Å². The second-order valence-corrected chi connectivity index (χ2v) is 3.33. The summed E-state index contributed by atoms with van der Waals surface area (Å²) >= 11 is 4.98. The van der Waals surface area contributed by atoms with E-state index in [9.17, 15) is 0 Å². The fourth-order valence-electron chi connectivity index (χ4n) is 1.35. The van der Waals surface area contributed by atoms with Crippen LogP contribution in [-0.2, 0) is 0 Å². The van der Waals surface area contributed by atoms with Crippen molar-refractivity contribution in [2.45, 2.75) is 13.8 Å². The minimum atomic E-state index is 0.321. The molecule has 2 nitrogen and oxygen atoms in total. The standard InChI is InChI=1S/C11H12N2S/c1-3-13(11(14)8-12)10-7-5-4-6-9(10)2/h4-7H,3H2,1-2H3. The highest BCUT2D eigenvalue weighted by Gasteiger charge is 2.10. The van der Waals surface area contributed by atoms with Gasteiger partial charge in [-0.15, -0.1) is 0 Å². The highest BCUT2D eigenvalue weighted by molar-refractivity contribution is 7.81. The molecule has 0 aliphatic rings. The zero-order valence-corrected chi connectivity index (χ0v) is 9.14. The number of para-hydroxylation sites is 1.